The zero-order valence-corrected chi connectivity index (χ0v) is 12.9. The van der Waals surface area contributed by atoms with Gasteiger partial charge in [0.15, 0.2) is 5.82 Å². The van der Waals surface area contributed by atoms with Crippen molar-refractivity contribution in [1.29, 1.82) is 0 Å². The average Bonchev–Trinajstić information content (AvgIpc) is 2.89. The first-order valence-electron chi connectivity index (χ1n) is 6.59. The molecule has 0 radical (unpaired) electrons. The molecular formula is C16H14BrN3O. The Bertz CT molecular complexity index is 737. The van der Waals surface area contributed by atoms with E-state index in [-0.39, 0.29) is 0 Å². The highest BCUT2D eigenvalue weighted by Gasteiger charge is 2.08. The molecule has 1 heterocycles. The number of halogens is 1. The highest BCUT2D eigenvalue weighted by molar-refractivity contribution is 9.10. The highest BCUT2D eigenvalue weighted by atomic mass is 79.9. The fourth-order valence-electron chi connectivity index (χ4n) is 2.10. The number of hydrogen-bond acceptors (Lipinski definition) is 4. The lowest BCUT2D eigenvalue weighted by Crippen LogP contribution is -1.93. The van der Waals surface area contributed by atoms with Gasteiger partial charge in [-0.2, -0.15) is 4.98 Å². The zero-order chi connectivity index (χ0) is 14.7. The van der Waals surface area contributed by atoms with Gasteiger partial charge in [-0.25, -0.2) is 0 Å². The molecule has 5 heteroatoms. The molecule has 0 unspecified atom stereocenters. The van der Waals surface area contributed by atoms with Crippen LogP contribution in [-0.2, 0) is 12.8 Å². The molecule has 1 aromatic heterocycles. The molecule has 0 aliphatic carbocycles. The van der Waals surface area contributed by atoms with E-state index in [0.29, 0.717) is 24.6 Å². The van der Waals surface area contributed by atoms with Crippen LogP contribution >= 0.6 is 15.9 Å². The van der Waals surface area contributed by atoms with Gasteiger partial charge < -0.3 is 10.3 Å². The van der Waals surface area contributed by atoms with Crippen LogP contribution in [0.5, 0.6) is 0 Å². The predicted molar refractivity (Wildman–Crippen MR) is 84.9 cm³/mol. The molecule has 0 fully saturated rings. The van der Waals surface area contributed by atoms with Gasteiger partial charge in [-0.3, -0.25) is 0 Å². The normalized spacial score (nSPS) is 10.7. The van der Waals surface area contributed by atoms with Crippen molar-refractivity contribution >= 4 is 21.6 Å². The summed E-state index contributed by atoms with van der Waals surface area (Å²) in [4.78, 5) is 4.42. The molecule has 3 aromatic rings. The summed E-state index contributed by atoms with van der Waals surface area (Å²) in [5.74, 6) is 1.30. The summed E-state index contributed by atoms with van der Waals surface area (Å²) in [7, 11) is 0. The van der Waals surface area contributed by atoms with E-state index in [1.165, 1.54) is 0 Å². The second kappa shape index (κ2) is 6.10. The van der Waals surface area contributed by atoms with Crippen molar-refractivity contribution in [3.05, 3.63) is 75.8 Å². The van der Waals surface area contributed by atoms with E-state index in [4.69, 9.17) is 10.3 Å². The molecule has 3 rings (SSSR count). The van der Waals surface area contributed by atoms with E-state index in [2.05, 4.69) is 26.1 Å². The number of hydrogen-bond donors (Lipinski definition) is 1. The molecule has 0 spiro atoms. The molecular weight excluding hydrogens is 330 g/mol. The molecule has 0 amide bonds. The molecule has 4 nitrogen and oxygen atoms in total. The van der Waals surface area contributed by atoms with Crippen LogP contribution in [0.15, 0.2) is 57.5 Å². The first-order valence-corrected chi connectivity index (χ1v) is 7.39. The maximum absolute atomic E-state index is 5.76. The number of aromatic nitrogens is 2. The van der Waals surface area contributed by atoms with Crippen LogP contribution in [0.25, 0.3) is 0 Å². The minimum absolute atomic E-state index is 0.596. The van der Waals surface area contributed by atoms with Gasteiger partial charge in [0.1, 0.15) is 0 Å². The Morgan fingerprint density at radius 1 is 1.00 bits per heavy atom. The van der Waals surface area contributed by atoms with Gasteiger partial charge in [0.05, 0.1) is 6.42 Å². The Morgan fingerprint density at radius 2 is 1.81 bits per heavy atom. The molecule has 0 saturated heterocycles. The quantitative estimate of drug-likeness (QED) is 0.735. The SMILES string of the molecule is Nc1cccc(Cc2nc(Cc3ccc(Br)cc3)no2)c1. The van der Waals surface area contributed by atoms with Crippen LogP contribution in [0, 0.1) is 0 Å². The average molecular weight is 344 g/mol. The Morgan fingerprint density at radius 3 is 2.57 bits per heavy atom. The molecule has 0 atom stereocenters. The van der Waals surface area contributed by atoms with Crippen LogP contribution in [0.2, 0.25) is 0 Å². The van der Waals surface area contributed by atoms with Gasteiger partial charge >= 0.3 is 0 Å². The Hall–Kier alpha value is -2.14. The van der Waals surface area contributed by atoms with E-state index >= 15 is 0 Å². The fraction of sp³-hybridized carbons (Fsp3) is 0.125. The minimum atomic E-state index is 0.596. The van der Waals surface area contributed by atoms with Crippen molar-refractivity contribution in [2.75, 3.05) is 5.73 Å². The van der Waals surface area contributed by atoms with Crippen molar-refractivity contribution in [2.45, 2.75) is 12.8 Å². The molecule has 106 valence electrons. The first kappa shape index (κ1) is 13.8. The maximum Gasteiger partial charge on any atom is 0.231 e. The predicted octanol–water partition coefficient (Wildman–Crippen LogP) is 3.60. The van der Waals surface area contributed by atoms with E-state index in [1.54, 1.807) is 0 Å². The summed E-state index contributed by atoms with van der Waals surface area (Å²) in [5.41, 5.74) is 8.71. The third kappa shape index (κ3) is 3.70. The van der Waals surface area contributed by atoms with E-state index in [9.17, 15) is 0 Å². The molecule has 21 heavy (non-hydrogen) atoms. The van der Waals surface area contributed by atoms with Crippen molar-refractivity contribution in [2.24, 2.45) is 0 Å². The van der Waals surface area contributed by atoms with Crippen molar-refractivity contribution in [3.63, 3.8) is 0 Å². The topological polar surface area (TPSA) is 64.9 Å². The van der Waals surface area contributed by atoms with Gasteiger partial charge in [-0.05, 0) is 35.4 Å². The molecule has 0 bridgehead atoms. The van der Waals surface area contributed by atoms with E-state index < -0.39 is 0 Å². The van der Waals surface area contributed by atoms with Crippen molar-refractivity contribution < 1.29 is 4.52 Å². The van der Waals surface area contributed by atoms with E-state index in [0.717, 1.165) is 21.3 Å². The van der Waals surface area contributed by atoms with Crippen LogP contribution in [0.4, 0.5) is 5.69 Å². The van der Waals surface area contributed by atoms with Crippen LogP contribution in [0.1, 0.15) is 22.8 Å². The Balaban J connectivity index is 1.70. The van der Waals surface area contributed by atoms with Crippen molar-refractivity contribution in [3.8, 4) is 0 Å². The van der Waals surface area contributed by atoms with Crippen LogP contribution in [0.3, 0.4) is 0 Å². The Labute approximate surface area is 131 Å². The fourth-order valence-corrected chi connectivity index (χ4v) is 2.36. The lowest BCUT2D eigenvalue weighted by Gasteiger charge is -1.98. The maximum atomic E-state index is 5.76. The van der Waals surface area contributed by atoms with Crippen LogP contribution < -0.4 is 5.73 Å². The summed E-state index contributed by atoms with van der Waals surface area (Å²) in [5, 5.41) is 4.02. The second-order valence-corrected chi connectivity index (χ2v) is 5.75. The lowest BCUT2D eigenvalue weighted by molar-refractivity contribution is 0.380. The smallest absolute Gasteiger partial charge is 0.231 e. The highest BCUT2D eigenvalue weighted by Crippen LogP contribution is 2.15. The number of rotatable bonds is 4. The summed E-state index contributed by atoms with van der Waals surface area (Å²) in [6.45, 7) is 0. The number of anilines is 1. The molecule has 0 saturated carbocycles. The minimum Gasteiger partial charge on any atom is -0.399 e. The molecule has 0 aliphatic heterocycles. The van der Waals surface area contributed by atoms with E-state index in [1.807, 2.05) is 48.5 Å². The summed E-state index contributed by atoms with van der Waals surface area (Å²) >= 11 is 3.42. The third-order valence-corrected chi connectivity index (χ3v) is 3.62. The second-order valence-electron chi connectivity index (χ2n) is 4.83. The lowest BCUT2D eigenvalue weighted by atomic mass is 10.1. The summed E-state index contributed by atoms with van der Waals surface area (Å²) < 4.78 is 6.35. The van der Waals surface area contributed by atoms with Crippen LogP contribution in [-0.4, -0.2) is 10.1 Å². The monoisotopic (exact) mass is 343 g/mol. The third-order valence-electron chi connectivity index (χ3n) is 3.09. The standard InChI is InChI=1S/C16H14BrN3O/c17-13-6-4-11(5-7-13)9-15-19-16(21-20-15)10-12-2-1-3-14(18)8-12/h1-8H,9-10,18H2. The zero-order valence-electron chi connectivity index (χ0n) is 11.3. The number of nitrogen functional groups attached to an aromatic ring is 1. The molecule has 2 N–H and O–H groups in total. The molecule has 0 aliphatic rings. The van der Waals surface area contributed by atoms with Gasteiger partial charge in [0, 0.05) is 16.6 Å². The van der Waals surface area contributed by atoms with Gasteiger partial charge in [-0.1, -0.05) is 45.4 Å². The number of nitrogens with zero attached hydrogens (tertiary/aromatic N) is 2. The van der Waals surface area contributed by atoms with Gasteiger partial charge in [0.2, 0.25) is 5.89 Å². The largest absolute Gasteiger partial charge is 0.399 e. The van der Waals surface area contributed by atoms with Gasteiger partial charge in [0.25, 0.3) is 0 Å². The summed E-state index contributed by atoms with van der Waals surface area (Å²) in [6.07, 6.45) is 1.26. The first-order chi connectivity index (χ1) is 10.2. The number of nitrogens with two attached hydrogens (primary N) is 1. The van der Waals surface area contributed by atoms with Gasteiger partial charge in [-0.15, -0.1) is 0 Å². The number of benzene rings is 2. The summed E-state index contributed by atoms with van der Waals surface area (Å²) in [6, 6.07) is 15.8. The van der Waals surface area contributed by atoms with Crippen molar-refractivity contribution in [1.82, 2.24) is 10.1 Å². The molecule has 2 aromatic carbocycles. The Kier molecular flexibility index (Phi) is 4.01.